The number of aromatic nitrogens is 1. The number of rotatable bonds is 6. The van der Waals surface area contributed by atoms with E-state index in [4.69, 9.17) is 10.9 Å². The number of nitrogens with two attached hydrogens (primary N) is 1. The van der Waals surface area contributed by atoms with Gasteiger partial charge in [-0.2, -0.15) is 0 Å². The summed E-state index contributed by atoms with van der Waals surface area (Å²) in [6, 6.07) is 11.8. The molecule has 2 rings (SSSR count). The summed E-state index contributed by atoms with van der Waals surface area (Å²) in [5.74, 6) is 0.130. The van der Waals surface area contributed by atoms with Gasteiger partial charge in [0.25, 0.3) is 0 Å². The summed E-state index contributed by atoms with van der Waals surface area (Å²) in [4.78, 5) is 6.38. The van der Waals surface area contributed by atoms with Crippen LogP contribution in [-0.4, -0.2) is 27.5 Å². The Kier molecular flexibility index (Phi) is 5.29. The molecule has 0 aliphatic rings. The fourth-order valence-corrected chi connectivity index (χ4v) is 2.12. The normalized spacial score (nSPS) is 11.8. The fourth-order valence-electron chi connectivity index (χ4n) is 2.12. The standard InChI is InChI=1S/C16H20N4O/c1-2-20(12-14-7-9-18-10-8-14)11-13-3-5-15(6-4-13)16(17)19-21/h3-10,21H,2,11-12H2,1H3,(H2,17,19). The molecule has 0 radical (unpaired) electrons. The van der Waals surface area contributed by atoms with Gasteiger partial charge in [-0.3, -0.25) is 9.88 Å². The molecule has 5 heteroatoms. The number of benzene rings is 1. The van der Waals surface area contributed by atoms with E-state index < -0.39 is 0 Å². The van der Waals surface area contributed by atoms with Gasteiger partial charge in [0.15, 0.2) is 5.84 Å². The Morgan fingerprint density at radius 3 is 2.19 bits per heavy atom. The Morgan fingerprint density at radius 1 is 1.10 bits per heavy atom. The van der Waals surface area contributed by atoms with Gasteiger partial charge in [0.1, 0.15) is 0 Å². The van der Waals surface area contributed by atoms with Gasteiger partial charge in [-0.15, -0.1) is 0 Å². The molecule has 110 valence electrons. The van der Waals surface area contributed by atoms with E-state index in [-0.39, 0.29) is 5.84 Å². The van der Waals surface area contributed by atoms with Gasteiger partial charge in [0.05, 0.1) is 0 Å². The van der Waals surface area contributed by atoms with Crippen LogP contribution in [0.2, 0.25) is 0 Å². The van der Waals surface area contributed by atoms with Crippen LogP contribution in [-0.2, 0) is 13.1 Å². The minimum absolute atomic E-state index is 0.130. The molecule has 0 bridgehead atoms. The Hall–Kier alpha value is -2.40. The van der Waals surface area contributed by atoms with Crippen LogP contribution in [0.1, 0.15) is 23.6 Å². The number of pyridine rings is 1. The van der Waals surface area contributed by atoms with Crippen LogP contribution in [0.15, 0.2) is 53.9 Å². The second-order valence-corrected chi connectivity index (χ2v) is 4.84. The molecule has 1 aromatic carbocycles. The maximum absolute atomic E-state index is 8.65. The topological polar surface area (TPSA) is 74.7 Å². The van der Waals surface area contributed by atoms with E-state index in [2.05, 4.69) is 22.0 Å². The zero-order valence-electron chi connectivity index (χ0n) is 12.1. The minimum Gasteiger partial charge on any atom is -0.409 e. The van der Waals surface area contributed by atoms with E-state index in [1.165, 1.54) is 11.1 Å². The largest absolute Gasteiger partial charge is 0.409 e. The predicted octanol–water partition coefficient (Wildman–Crippen LogP) is 2.20. The smallest absolute Gasteiger partial charge is 0.170 e. The molecule has 1 aromatic heterocycles. The highest BCUT2D eigenvalue weighted by atomic mass is 16.4. The van der Waals surface area contributed by atoms with Crippen molar-refractivity contribution in [1.82, 2.24) is 9.88 Å². The van der Waals surface area contributed by atoms with Crippen LogP contribution in [0, 0.1) is 0 Å². The summed E-state index contributed by atoms with van der Waals surface area (Å²) in [7, 11) is 0. The van der Waals surface area contributed by atoms with Gasteiger partial charge in [-0.1, -0.05) is 36.3 Å². The van der Waals surface area contributed by atoms with E-state index >= 15 is 0 Å². The molecule has 0 saturated heterocycles. The summed E-state index contributed by atoms with van der Waals surface area (Å²) in [5.41, 5.74) is 8.72. The molecule has 0 unspecified atom stereocenters. The van der Waals surface area contributed by atoms with Crippen molar-refractivity contribution in [1.29, 1.82) is 0 Å². The lowest BCUT2D eigenvalue weighted by molar-refractivity contribution is 0.271. The molecule has 1 heterocycles. The third kappa shape index (κ3) is 4.29. The number of nitrogens with zero attached hydrogens (tertiary/aromatic N) is 3. The molecule has 3 N–H and O–H groups in total. The summed E-state index contributed by atoms with van der Waals surface area (Å²) in [6.07, 6.45) is 3.63. The summed E-state index contributed by atoms with van der Waals surface area (Å²) in [6.45, 7) is 4.85. The molecule has 0 aliphatic heterocycles. The van der Waals surface area contributed by atoms with Crippen LogP contribution >= 0.6 is 0 Å². The van der Waals surface area contributed by atoms with Gasteiger partial charge < -0.3 is 10.9 Å². The second-order valence-electron chi connectivity index (χ2n) is 4.84. The van der Waals surface area contributed by atoms with E-state index in [1.807, 2.05) is 48.8 Å². The van der Waals surface area contributed by atoms with Crippen molar-refractivity contribution in [3.63, 3.8) is 0 Å². The maximum Gasteiger partial charge on any atom is 0.170 e. The number of oxime groups is 1. The Balaban J connectivity index is 2.01. The monoisotopic (exact) mass is 284 g/mol. The number of hydrogen-bond acceptors (Lipinski definition) is 4. The first-order valence-corrected chi connectivity index (χ1v) is 6.91. The molecule has 2 aromatic rings. The third-order valence-electron chi connectivity index (χ3n) is 3.37. The van der Waals surface area contributed by atoms with Gasteiger partial charge in [0, 0.05) is 31.0 Å². The molecular formula is C16H20N4O. The van der Waals surface area contributed by atoms with Gasteiger partial charge in [-0.25, -0.2) is 0 Å². The van der Waals surface area contributed by atoms with Crippen LogP contribution in [0.25, 0.3) is 0 Å². The number of amidine groups is 1. The van der Waals surface area contributed by atoms with Crippen molar-refractivity contribution < 1.29 is 5.21 Å². The Morgan fingerprint density at radius 2 is 1.67 bits per heavy atom. The SMILES string of the molecule is CCN(Cc1ccncc1)Cc1ccc(C(N)=NO)cc1. The third-order valence-corrected chi connectivity index (χ3v) is 3.37. The highest BCUT2D eigenvalue weighted by Crippen LogP contribution is 2.10. The van der Waals surface area contributed by atoms with Crippen molar-refractivity contribution in [2.75, 3.05) is 6.54 Å². The van der Waals surface area contributed by atoms with Crippen molar-refractivity contribution >= 4 is 5.84 Å². The Bertz CT molecular complexity index is 581. The lowest BCUT2D eigenvalue weighted by Crippen LogP contribution is -2.22. The highest BCUT2D eigenvalue weighted by Gasteiger charge is 2.06. The first kappa shape index (κ1) is 15.0. The highest BCUT2D eigenvalue weighted by molar-refractivity contribution is 5.96. The van der Waals surface area contributed by atoms with Crippen molar-refractivity contribution in [2.24, 2.45) is 10.9 Å². The molecule has 0 atom stereocenters. The van der Waals surface area contributed by atoms with Gasteiger partial charge >= 0.3 is 0 Å². The van der Waals surface area contributed by atoms with Crippen LogP contribution < -0.4 is 5.73 Å². The van der Waals surface area contributed by atoms with Crippen LogP contribution in [0.4, 0.5) is 0 Å². The second kappa shape index (κ2) is 7.40. The quantitative estimate of drug-likeness (QED) is 0.369. The molecule has 0 amide bonds. The average Bonchev–Trinajstić information content (AvgIpc) is 2.55. The molecular weight excluding hydrogens is 264 g/mol. The molecule has 0 aliphatic carbocycles. The Labute approximate surface area is 124 Å². The van der Waals surface area contributed by atoms with E-state index in [0.717, 1.165) is 25.2 Å². The van der Waals surface area contributed by atoms with Gasteiger partial charge in [0.2, 0.25) is 0 Å². The van der Waals surface area contributed by atoms with E-state index in [1.54, 1.807) is 0 Å². The lowest BCUT2D eigenvalue weighted by atomic mass is 10.1. The molecule has 5 nitrogen and oxygen atoms in total. The first-order valence-electron chi connectivity index (χ1n) is 6.91. The zero-order chi connectivity index (χ0) is 15.1. The molecule has 0 saturated carbocycles. The van der Waals surface area contributed by atoms with Crippen LogP contribution in [0.5, 0.6) is 0 Å². The average molecular weight is 284 g/mol. The van der Waals surface area contributed by atoms with Crippen LogP contribution in [0.3, 0.4) is 0 Å². The number of hydrogen-bond donors (Lipinski definition) is 2. The van der Waals surface area contributed by atoms with Crippen molar-refractivity contribution in [3.8, 4) is 0 Å². The minimum atomic E-state index is 0.130. The summed E-state index contributed by atoms with van der Waals surface area (Å²) < 4.78 is 0. The van der Waals surface area contributed by atoms with E-state index in [9.17, 15) is 0 Å². The first-order chi connectivity index (χ1) is 10.2. The van der Waals surface area contributed by atoms with Crippen molar-refractivity contribution in [2.45, 2.75) is 20.0 Å². The maximum atomic E-state index is 8.65. The molecule has 21 heavy (non-hydrogen) atoms. The summed E-state index contributed by atoms with van der Waals surface area (Å²) in [5, 5.41) is 11.7. The van der Waals surface area contributed by atoms with Crippen molar-refractivity contribution in [3.05, 3.63) is 65.5 Å². The lowest BCUT2D eigenvalue weighted by Gasteiger charge is -2.20. The van der Waals surface area contributed by atoms with Gasteiger partial charge in [-0.05, 0) is 29.8 Å². The van der Waals surface area contributed by atoms with E-state index in [0.29, 0.717) is 0 Å². The molecule has 0 fully saturated rings. The fraction of sp³-hybridized carbons (Fsp3) is 0.250. The predicted molar refractivity (Wildman–Crippen MR) is 83.0 cm³/mol. The zero-order valence-corrected chi connectivity index (χ0v) is 12.1. The summed E-state index contributed by atoms with van der Waals surface area (Å²) >= 11 is 0. The molecule has 0 spiro atoms.